The van der Waals surface area contributed by atoms with Crippen LogP contribution in [-0.4, -0.2) is 41.1 Å². The summed E-state index contributed by atoms with van der Waals surface area (Å²) in [6.07, 6.45) is 3.25. The average Bonchev–Trinajstić information content (AvgIpc) is 2.35. The number of likely N-dealkylation sites (N-methyl/N-ethyl adjacent to an activating group) is 1. The minimum absolute atomic E-state index is 0.361. The smallest absolute Gasteiger partial charge is 0.232 e. The van der Waals surface area contributed by atoms with Crippen molar-refractivity contribution in [2.45, 2.75) is 19.7 Å². The van der Waals surface area contributed by atoms with Crippen molar-refractivity contribution in [2.75, 3.05) is 26.2 Å². The van der Waals surface area contributed by atoms with Crippen LogP contribution in [0.1, 0.15) is 19.5 Å². The van der Waals surface area contributed by atoms with Crippen LogP contribution >= 0.6 is 11.6 Å². The summed E-state index contributed by atoms with van der Waals surface area (Å²) < 4.78 is 5.51. The summed E-state index contributed by atoms with van der Waals surface area (Å²) in [5.41, 5.74) is 0.738. The molecule has 0 spiro atoms. The zero-order chi connectivity index (χ0) is 11.8. The van der Waals surface area contributed by atoms with E-state index in [1.54, 1.807) is 12.4 Å². The first-order valence-electron chi connectivity index (χ1n) is 5.52. The Morgan fingerprint density at radius 2 is 2.06 bits per heavy atom. The van der Waals surface area contributed by atoms with Crippen LogP contribution < -0.4 is 4.74 Å². The lowest BCUT2D eigenvalue weighted by Gasteiger charge is -2.17. The van der Waals surface area contributed by atoms with Crippen molar-refractivity contribution in [3.05, 3.63) is 18.1 Å². The minimum atomic E-state index is 0.361. The van der Waals surface area contributed by atoms with E-state index in [4.69, 9.17) is 16.3 Å². The number of aromatic nitrogens is 2. The first-order valence-corrected chi connectivity index (χ1v) is 6.05. The van der Waals surface area contributed by atoms with Crippen LogP contribution in [0.15, 0.2) is 12.4 Å². The minimum Gasteiger partial charge on any atom is -0.475 e. The van der Waals surface area contributed by atoms with Gasteiger partial charge in [-0.15, -0.1) is 11.6 Å². The molecule has 16 heavy (non-hydrogen) atoms. The lowest BCUT2D eigenvalue weighted by molar-refractivity contribution is 0.217. The molecular formula is C11H18ClN3O. The van der Waals surface area contributed by atoms with Gasteiger partial charge in [-0.3, -0.25) is 4.98 Å². The van der Waals surface area contributed by atoms with Crippen LogP contribution in [0.4, 0.5) is 0 Å². The van der Waals surface area contributed by atoms with Crippen LogP contribution in [0, 0.1) is 0 Å². The van der Waals surface area contributed by atoms with E-state index in [1.807, 2.05) is 0 Å². The zero-order valence-electron chi connectivity index (χ0n) is 9.82. The van der Waals surface area contributed by atoms with Gasteiger partial charge in [-0.2, -0.15) is 0 Å². The number of rotatable bonds is 7. The quantitative estimate of drug-likeness (QED) is 0.686. The monoisotopic (exact) mass is 243 g/mol. The zero-order valence-corrected chi connectivity index (χ0v) is 10.6. The first-order chi connectivity index (χ1) is 7.80. The van der Waals surface area contributed by atoms with Gasteiger partial charge in [-0.25, -0.2) is 4.98 Å². The van der Waals surface area contributed by atoms with Crippen LogP contribution in [0.5, 0.6) is 5.88 Å². The Hall–Kier alpha value is -0.870. The molecule has 1 heterocycles. The Morgan fingerprint density at radius 3 is 2.69 bits per heavy atom. The maximum atomic E-state index is 5.66. The third-order valence-corrected chi connectivity index (χ3v) is 2.62. The molecule has 1 aromatic rings. The van der Waals surface area contributed by atoms with Crippen LogP contribution in [-0.2, 0) is 5.88 Å². The van der Waals surface area contributed by atoms with Crippen molar-refractivity contribution in [2.24, 2.45) is 0 Å². The molecule has 0 N–H and O–H groups in total. The molecule has 0 aliphatic carbocycles. The van der Waals surface area contributed by atoms with Gasteiger partial charge in [0.15, 0.2) is 0 Å². The van der Waals surface area contributed by atoms with Crippen molar-refractivity contribution in [3.63, 3.8) is 0 Å². The van der Waals surface area contributed by atoms with Crippen LogP contribution in [0.25, 0.3) is 0 Å². The summed E-state index contributed by atoms with van der Waals surface area (Å²) in [6.45, 7) is 7.87. The lowest BCUT2D eigenvalue weighted by Crippen LogP contribution is -2.28. The van der Waals surface area contributed by atoms with Crippen molar-refractivity contribution < 1.29 is 4.74 Å². The lowest BCUT2D eigenvalue weighted by atomic mass is 10.5. The number of ether oxygens (including phenoxy) is 1. The Morgan fingerprint density at radius 1 is 1.31 bits per heavy atom. The Labute approximate surface area is 102 Å². The molecule has 0 aliphatic rings. The van der Waals surface area contributed by atoms with E-state index in [2.05, 4.69) is 28.7 Å². The fraction of sp³-hybridized carbons (Fsp3) is 0.636. The second-order valence-electron chi connectivity index (χ2n) is 3.36. The number of halogens is 1. The second kappa shape index (κ2) is 7.41. The van der Waals surface area contributed by atoms with Crippen molar-refractivity contribution in [1.29, 1.82) is 0 Å². The normalized spacial score (nSPS) is 10.8. The van der Waals surface area contributed by atoms with Gasteiger partial charge in [0, 0.05) is 12.7 Å². The molecule has 5 heteroatoms. The molecular weight excluding hydrogens is 226 g/mol. The van der Waals surface area contributed by atoms with E-state index >= 15 is 0 Å². The summed E-state index contributed by atoms with van der Waals surface area (Å²) in [7, 11) is 0. The van der Waals surface area contributed by atoms with Gasteiger partial charge in [-0.05, 0) is 13.1 Å². The Balaban J connectivity index is 2.36. The maximum Gasteiger partial charge on any atom is 0.232 e. The van der Waals surface area contributed by atoms with E-state index in [0.29, 0.717) is 18.4 Å². The molecule has 0 saturated carbocycles. The SMILES string of the molecule is CCN(CC)CCOc1cncc(CCl)n1. The summed E-state index contributed by atoms with van der Waals surface area (Å²) >= 11 is 5.66. The Bertz CT molecular complexity index is 305. The molecule has 0 aliphatic heterocycles. The van der Waals surface area contributed by atoms with Crippen molar-refractivity contribution >= 4 is 11.6 Å². The molecule has 1 aromatic heterocycles. The highest BCUT2D eigenvalue weighted by Crippen LogP contribution is 2.06. The largest absolute Gasteiger partial charge is 0.475 e. The van der Waals surface area contributed by atoms with E-state index in [-0.39, 0.29) is 0 Å². The second-order valence-corrected chi connectivity index (χ2v) is 3.62. The maximum absolute atomic E-state index is 5.66. The number of alkyl halides is 1. The topological polar surface area (TPSA) is 38.2 Å². The van der Waals surface area contributed by atoms with Crippen LogP contribution in [0.3, 0.4) is 0 Å². The van der Waals surface area contributed by atoms with Gasteiger partial charge < -0.3 is 9.64 Å². The summed E-state index contributed by atoms with van der Waals surface area (Å²) in [5.74, 6) is 0.908. The van der Waals surface area contributed by atoms with Gasteiger partial charge in [0.2, 0.25) is 5.88 Å². The van der Waals surface area contributed by atoms with Gasteiger partial charge >= 0.3 is 0 Å². The summed E-state index contributed by atoms with van der Waals surface area (Å²) in [4.78, 5) is 10.5. The number of hydrogen-bond acceptors (Lipinski definition) is 4. The van der Waals surface area contributed by atoms with Gasteiger partial charge in [0.05, 0.1) is 17.8 Å². The van der Waals surface area contributed by atoms with Crippen molar-refractivity contribution in [1.82, 2.24) is 14.9 Å². The molecule has 0 amide bonds. The highest BCUT2D eigenvalue weighted by atomic mass is 35.5. The highest BCUT2D eigenvalue weighted by Gasteiger charge is 2.01. The molecule has 90 valence electrons. The predicted molar refractivity (Wildman–Crippen MR) is 64.9 cm³/mol. The number of hydrogen-bond donors (Lipinski definition) is 0. The van der Waals surface area contributed by atoms with Gasteiger partial charge in [-0.1, -0.05) is 13.8 Å². The highest BCUT2D eigenvalue weighted by molar-refractivity contribution is 6.16. The molecule has 0 bridgehead atoms. The third-order valence-electron chi connectivity index (χ3n) is 2.35. The molecule has 4 nitrogen and oxygen atoms in total. The fourth-order valence-corrected chi connectivity index (χ4v) is 1.47. The third kappa shape index (κ3) is 4.33. The van der Waals surface area contributed by atoms with E-state index in [1.165, 1.54) is 0 Å². The molecule has 0 radical (unpaired) electrons. The van der Waals surface area contributed by atoms with E-state index < -0.39 is 0 Å². The van der Waals surface area contributed by atoms with E-state index in [9.17, 15) is 0 Å². The van der Waals surface area contributed by atoms with Crippen LogP contribution in [0.2, 0.25) is 0 Å². The fourth-order valence-electron chi connectivity index (χ4n) is 1.34. The van der Waals surface area contributed by atoms with E-state index in [0.717, 1.165) is 25.3 Å². The standard InChI is InChI=1S/C11H18ClN3O/c1-3-15(4-2)5-6-16-11-9-13-8-10(7-12)14-11/h8-9H,3-7H2,1-2H3. The van der Waals surface area contributed by atoms with Gasteiger partial charge in [0.25, 0.3) is 0 Å². The first kappa shape index (κ1) is 13.2. The molecule has 0 saturated heterocycles. The summed E-state index contributed by atoms with van der Waals surface area (Å²) in [6, 6.07) is 0. The molecule has 1 rings (SSSR count). The Kier molecular flexibility index (Phi) is 6.11. The average molecular weight is 244 g/mol. The molecule has 0 atom stereocenters. The molecule has 0 fully saturated rings. The molecule has 0 aromatic carbocycles. The van der Waals surface area contributed by atoms with Crippen molar-refractivity contribution in [3.8, 4) is 5.88 Å². The predicted octanol–water partition coefficient (Wildman–Crippen LogP) is 1.94. The molecule has 0 unspecified atom stereocenters. The number of nitrogens with zero attached hydrogens (tertiary/aromatic N) is 3. The van der Waals surface area contributed by atoms with Gasteiger partial charge in [0.1, 0.15) is 6.61 Å². The summed E-state index contributed by atoms with van der Waals surface area (Å²) in [5, 5.41) is 0.